The highest BCUT2D eigenvalue weighted by Crippen LogP contribution is 2.30. The summed E-state index contributed by atoms with van der Waals surface area (Å²) in [4.78, 5) is 7.87. The second-order valence-corrected chi connectivity index (χ2v) is 6.94. The molecule has 0 radical (unpaired) electrons. The van der Waals surface area contributed by atoms with E-state index < -0.39 is 11.9 Å². The first-order valence-corrected chi connectivity index (χ1v) is 9.78. The van der Waals surface area contributed by atoms with Gasteiger partial charge >= 0.3 is 6.18 Å². The summed E-state index contributed by atoms with van der Waals surface area (Å²) < 4.78 is 39.9. The molecule has 1 heterocycles. The number of anilines is 1. The van der Waals surface area contributed by atoms with Gasteiger partial charge in [-0.25, -0.2) is 9.97 Å². The number of aryl methyl sites for hydroxylation is 1. The van der Waals surface area contributed by atoms with Gasteiger partial charge in [-0.05, 0) is 30.9 Å². The Labute approximate surface area is 173 Å². The summed E-state index contributed by atoms with van der Waals surface area (Å²) in [5.74, 6) is -0.0313. The molecule has 0 amide bonds. The van der Waals surface area contributed by atoms with E-state index in [0.29, 0.717) is 11.3 Å². The first-order valence-electron chi connectivity index (χ1n) is 9.78. The quantitative estimate of drug-likeness (QED) is 0.364. The van der Waals surface area contributed by atoms with E-state index in [4.69, 9.17) is 0 Å². The predicted molar refractivity (Wildman–Crippen MR) is 113 cm³/mol. The van der Waals surface area contributed by atoms with Crippen molar-refractivity contribution >= 4 is 11.5 Å². The van der Waals surface area contributed by atoms with E-state index in [0.717, 1.165) is 30.9 Å². The average molecular weight is 412 g/mol. The largest absolute Gasteiger partial charge is 0.433 e. The molecule has 0 aliphatic rings. The highest BCUT2D eigenvalue weighted by Gasteiger charge is 2.33. The van der Waals surface area contributed by atoms with Gasteiger partial charge in [0.2, 0.25) is 0 Å². The van der Waals surface area contributed by atoms with E-state index in [1.807, 2.05) is 24.3 Å². The van der Waals surface area contributed by atoms with E-state index in [-0.39, 0.29) is 11.6 Å². The SMILES string of the molecule is CCCCc1ccc(/C(C)=N/Nc2cc(C(F)(F)F)nc(-c3ccccc3)n2)cc1. The van der Waals surface area contributed by atoms with Crippen molar-refractivity contribution in [2.24, 2.45) is 5.10 Å². The fraction of sp³-hybridized carbons (Fsp3) is 0.261. The number of hydrogen-bond acceptors (Lipinski definition) is 4. The number of alkyl halides is 3. The Morgan fingerprint density at radius 2 is 1.70 bits per heavy atom. The van der Waals surface area contributed by atoms with Crippen molar-refractivity contribution in [2.45, 2.75) is 39.3 Å². The van der Waals surface area contributed by atoms with Gasteiger partial charge in [0.25, 0.3) is 0 Å². The third-order valence-corrected chi connectivity index (χ3v) is 4.58. The van der Waals surface area contributed by atoms with Crippen LogP contribution in [0.25, 0.3) is 11.4 Å². The second-order valence-electron chi connectivity index (χ2n) is 6.94. The fourth-order valence-corrected chi connectivity index (χ4v) is 2.87. The number of nitrogens with zero attached hydrogens (tertiary/aromatic N) is 3. The van der Waals surface area contributed by atoms with Crippen LogP contribution in [-0.4, -0.2) is 15.7 Å². The average Bonchev–Trinajstić information content (AvgIpc) is 2.76. The van der Waals surface area contributed by atoms with Crippen molar-refractivity contribution in [1.29, 1.82) is 0 Å². The van der Waals surface area contributed by atoms with Gasteiger partial charge in [0.1, 0.15) is 0 Å². The topological polar surface area (TPSA) is 50.2 Å². The van der Waals surface area contributed by atoms with Crippen molar-refractivity contribution in [3.8, 4) is 11.4 Å². The number of nitrogens with one attached hydrogen (secondary N) is 1. The predicted octanol–water partition coefficient (Wildman–Crippen LogP) is 6.34. The highest BCUT2D eigenvalue weighted by molar-refractivity contribution is 5.99. The summed E-state index contributed by atoms with van der Waals surface area (Å²) in [6.45, 7) is 3.94. The van der Waals surface area contributed by atoms with Crippen molar-refractivity contribution in [2.75, 3.05) is 5.43 Å². The Balaban J connectivity index is 1.84. The minimum atomic E-state index is -4.59. The van der Waals surface area contributed by atoms with Crippen LogP contribution in [0, 0.1) is 0 Å². The normalized spacial score (nSPS) is 12.1. The fourth-order valence-electron chi connectivity index (χ4n) is 2.87. The monoisotopic (exact) mass is 412 g/mol. The van der Waals surface area contributed by atoms with Crippen LogP contribution in [0.1, 0.15) is 43.5 Å². The Morgan fingerprint density at radius 3 is 2.33 bits per heavy atom. The van der Waals surface area contributed by atoms with Crippen LogP contribution < -0.4 is 5.43 Å². The van der Waals surface area contributed by atoms with Crippen molar-refractivity contribution in [3.05, 3.63) is 77.5 Å². The van der Waals surface area contributed by atoms with Crippen LogP contribution >= 0.6 is 0 Å². The van der Waals surface area contributed by atoms with Crippen LogP contribution in [0.2, 0.25) is 0 Å². The van der Waals surface area contributed by atoms with Gasteiger partial charge in [0.15, 0.2) is 17.3 Å². The molecule has 0 unspecified atom stereocenters. The van der Waals surface area contributed by atoms with Gasteiger partial charge in [0.05, 0.1) is 5.71 Å². The molecular formula is C23H23F3N4. The molecule has 3 rings (SSSR count). The van der Waals surface area contributed by atoms with E-state index in [1.165, 1.54) is 5.56 Å². The van der Waals surface area contributed by atoms with E-state index in [9.17, 15) is 13.2 Å². The zero-order chi connectivity index (χ0) is 21.6. The lowest BCUT2D eigenvalue weighted by Crippen LogP contribution is -2.11. The maximum absolute atomic E-state index is 13.3. The molecule has 0 saturated carbocycles. The standard InChI is InChI=1S/C23H23F3N4/c1-3-4-8-17-11-13-18(14-12-17)16(2)29-30-21-15-20(23(24,25)26)27-22(28-21)19-9-6-5-7-10-19/h5-7,9-15H,3-4,8H2,1-2H3,(H,27,28,30)/b29-16+. The van der Waals surface area contributed by atoms with Crippen LogP contribution in [0.3, 0.4) is 0 Å². The minimum absolute atomic E-state index is 0.0129. The molecule has 0 bridgehead atoms. The molecule has 0 saturated heterocycles. The lowest BCUT2D eigenvalue weighted by Gasteiger charge is -2.11. The number of aromatic nitrogens is 2. The Kier molecular flexibility index (Phi) is 6.82. The van der Waals surface area contributed by atoms with Gasteiger partial charge < -0.3 is 0 Å². The van der Waals surface area contributed by atoms with Crippen molar-refractivity contribution in [3.63, 3.8) is 0 Å². The molecule has 1 N–H and O–H groups in total. The molecule has 156 valence electrons. The molecule has 2 aromatic carbocycles. The molecule has 0 aliphatic carbocycles. The van der Waals surface area contributed by atoms with E-state index in [1.54, 1.807) is 37.3 Å². The van der Waals surface area contributed by atoms with Crippen molar-refractivity contribution < 1.29 is 13.2 Å². The molecule has 0 fully saturated rings. The summed E-state index contributed by atoms with van der Waals surface area (Å²) in [5.41, 5.74) is 4.90. The number of unbranched alkanes of at least 4 members (excludes halogenated alkanes) is 1. The molecule has 30 heavy (non-hydrogen) atoms. The molecule has 4 nitrogen and oxygen atoms in total. The van der Waals surface area contributed by atoms with Gasteiger partial charge in [-0.3, -0.25) is 5.43 Å². The lowest BCUT2D eigenvalue weighted by atomic mass is 10.0. The van der Waals surface area contributed by atoms with Gasteiger partial charge in [0, 0.05) is 11.6 Å². The third kappa shape index (κ3) is 5.65. The first kappa shape index (κ1) is 21.5. The number of rotatable bonds is 7. The van der Waals surface area contributed by atoms with Crippen LogP contribution in [0.5, 0.6) is 0 Å². The number of halogens is 3. The Bertz CT molecular complexity index is 997. The van der Waals surface area contributed by atoms with E-state index >= 15 is 0 Å². The highest BCUT2D eigenvalue weighted by atomic mass is 19.4. The molecule has 1 aromatic heterocycles. The minimum Gasteiger partial charge on any atom is -0.261 e. The van der Waals surface area contributed by atoms with E-state index in [2.05, 4.69) is 27.4 Å². The maximum atomic E-state index is 13.3. The zero-order valence-corrected chi connectivity index (χ0v) is 16.9. The van der Waals surface area contributed by atoms with Gasteiger partial charge in [-0.15, -0.1) is 0 Å². The lowest BCUT2D eigenvalue weighted by molar-refractivity contribution is -0.141. The Morgan fingerprint density at radius 1 is 1.00 bits per heavy atom. The van der Waals surface area contributed by atoms with Gasteiger partial charge in [-0.2, -0.15) is 18.3 Å². The number of hydrogen-bond donors (Lipinski definition) is 1. The van der Waals surface area contributed by atoms with Crippen LogP contribution in [-0.2, 0) is 12.6 Å². The molecular weight excluding hydrogens is 389 g/mol. The smallest absolute Gasteiger partial charge is 0.261 e. The molecule has 0 spiro atoms. The molecule has 7 heteroatoms. The van der Waals surface area contributed by atoms with Gasteiger partial charge in [-0.1, -0.05) is 67.9 Å². The Hall–Kier alpha value is -3.22. The number of hydrazone groups is 1. The second kappa shape index (κ2) is 9.52. The summed E-state index contributed by atoms with van der Waals surface area (Å²) >= 11 is 0. The zero-order valence-electron chi connectivity index (χ0n) is 16.9. The molecule has 0 atom stereocenters. The summed E-state index contributed by atoms with van der Waals surface area (Å²) in [5, 5.41) is 4.22. The molecule has 0 aliphatic heterocycles. The third-order valence-electron chi connectivity index (χ3n) is 4.58. The number of benzene rings is 2. The van der Waals surface area contributed by atoms with Crippen molar-refractivity contribution in [1.82, 2.24) is 9.97 Å². The van der Waals surface area contributed by atoms with Crippen LogP contribution in [0.4, 0.5) is 19.0 Å². The summed E-state index contributed by atoms with van der Waals surface area (Å²) in [6, 6.07) is 17.4. The van der Waals surface area contributed by atoms with Crippen LogP contribution in [0.15, 0.2) is 65.8 Å². The molecule has 3 aromatic rings. The summed E-state index contributed by atoms with van der Waals surface area (Å²) in [7, 11) is 0. The first-order chi connectivity index (χ1) is 14.4. The maximum Gasteiger partial charge on any atom is 0.433 e. The summed E-state index contributed by atoms with van der Waals surface area (Å²) in [6.07, 6.45) is -1.30.